The van der Waals surface area contributed by atoms with Crippen molar-refractivity contribution in [1.29, 1.82) is 0 Å². The fourth-order valence-corrected chi connectivity index (χ4v) is 1.91. The number of nitrogens with two attached hydrogens (primary N) is 1. The smallest absolute Gasteiger partial charge is 0.337 e. The predicted octanol–water partition coefficient (Wildman–Crippen LogP) is 3.52. The fourth-order valence-electron chi connectivity index (χ4n) is 1.41. The number of nitrogens with zero attached hydrogens (tertiary/aromatic N) is 1. The van der Waals surface area contributed by atoms with E-state index < -0.39 is 5.97 Å². The number of hydrogen-bond donors (Lipinski definition) is 3. The minimum atomic E-state index is -1.07. The summed E-state index contributed by atoms with van der Waals surface area (Å²) in [4.78, 5) is 14.7. The maximum Gasteiger partial charge on any atom is 0.337 e. The van der Waals surface area contributed by atoms with Gasteiger partial charge in [0.2, 0.25) is 0 Å². The second kappa shape index (κ2) is 5.46. The quantitative estimate of drug-likeness (QED) is 0.794. The molecular weight excluding hydrogens is 334 g/mol. The van der Waals surface area contributed by atoms with E-state index in [1.54, 1.807) is 18.2 Å². The number of hydrogen-bond acceptors (Lipinski definition) is 4. The van der Waals surface area contributed by atoms with Gasteiger partial charge in [-0.25, -0.2) is 9.78 Å². The maximum absolute atomic E-state index is 10.8. The van der Waals surface area contributed by atoms with Crippen molar-refractivity contribution >= 4 is 50.7 Å². The molecule has 0 bridgehead atoms. The molecule has 2 aromatic rings. The van der Waals surface area contributed by atoms with Crippen molar-refractivity contribution in [2.75, 3.05) is 11.1 Å². The highest BCUT2D eigenvalue weighted by Crippen LogP contribution is 2.28. The molecule has 2 rings (SSSR count). The van der Waals surface area contributed by atoms with Gasteiger partial charge in [0.25, 0.3) is 0 Å². The Morgan fingerprint density at radius 3 is 2.74 bits per heavy atom. The van der Waals surface area contributed by atoms with Gasteiger partial charge in [-0.15, -0.1) is 0 Å². The van der Waals surface area contributed by atoms with E-state index in [9.17, 15) is 4.79 Å². The maximum atomic E-state index is 10.8. The molecule has 19 heavy (non-hydrogen) atoms. The number of aromatic nitrogens is 1. The number of carbonyl (C=O) groups is 1. The van der Waals surface area contributed by atoms with Crippen molar-refractivity contribution in [3.63, 3.8) is 0 Å². The molecule has 0 unspecified atom stereocenters. The van der Waals surface area contributed by atoms with Gasteiger partial charge in [-0.1, -0.05) is 11.6 Å². The van der Waals surface area contributed by atoms with Crippen LogP contribution < -0.4 is 11.1 Å². The third-order valence-corrected chi connectivity index (χ3v) is 3.56. The van der Waals surface area contributed by atoms with Crippen LogP contribution in [0, 0.1) is 0 Å². The van der Waals surface area contributed by atoms with Gasteiger partial charge in [-0.05, 0) is 40.2 Å². The lowest BCUT2D eigenvalue weighted by Crippen LogP contribution is -2.03. The second-order valence-electron chi connectivity index (χ2n) is 3.72. The van der Waals surface area contributed by atoms with Gasteiger partial charge < -0.3 is 16.2 Å². The Morgan fingerprint density at radius 1 is 1.42 bits per heavy atom. The standard InChI is InChI=1S/C12H9BrClN3O2/c13-8-4-7(1-2-9(8)14)17-11-10(15)3-6(5-16-11)12(18)19/h1-5H,15H2,(H,16,17)(H,18,19). The summed E-state index contributed by atoms with van der Waals surface area (Å²) in [6.07, 6.45) is 1.24. The first-order valence-electron chi connectivity index (χ1n) is 5.18. The number of nitrogen functional groups attached to an aromatic ring is 1. The van der Waals surface area contributed by atoms with Crippen LogP contribution >= 0.6 is 27.5 Å². The molecule has 1 aromatic carbocycles. The molecule has 0 saturated heterocycles. The number of pyridine rings is 1. The molecule has 1 heterocycles. The lowest BCUT2D eigenvalue weighted by atomic mass is 10.2. The van der Waals surface area contributed by atoms with Crippen LogP contribution in [-0.2, 0) is 0 Å². The number of carboxylic acids is 1. The number of rotatable bonds is 3. The van der Waals surface area contributed by atoms with Gasteiger partial charge in [0.15, 0.2) is 5.82 Å². The largest absolute Gasteiger partial charge is 0.478 e. The van der Waals surface area contributed by atoms with Gasteiger partial charge in [0.1, 0.15) is 0 Å². The van der Waals surface area contributed by atoms with Crippen LogP contribution in [0.25, 0.3) is 0 Å². The summed E-state index contributed by atoms with van der Waals surface area (Å²) in [6.45, 7) is 0. The van der Waals surface area contributed by atoms with E-state index in [-0.39, 0.29) is 11.3 Å². The Morgan fingerprint density at radius 2 is 2.16 bits per heavy atom. The van der Waals surface area contributed by atoms with Gasteiger partial charge in [-0.2, -0.15) is 0 Å². The molecule has 98 valence electrons. The zero-order chi connectivity index (χ0) is 14.0. The van der Waals surface area contributed by atoms with E-state index in [2.05, 4.69) is 26.2 Å². The van der Waals surface area contributed by atoms with E-state index in [1.165, 1.54) is 12.3 Å². The number of halogens is 2. The zero-order valence-corrected chi connectivity index (χ0v) is 11.9. The van der Waals surface area contributed by atoms with Crippen molar-refractivity contribution in [1.82, 2.24) is 4.98 Å². The Bertz CT molecular complexity index is 649. The highest BCUT2D eigenvalue weighted by Gasteiger charge is 2.08. The average molecular weight is 343 g/mol. The van der Waals surface area contributed by atoms with Crippen LogP contribution in [-0.4, -0.2) is 16.1 Å². The molecule has 4 N–H and O–H groups in total. The van der Waals surface area contributed by atoms with E-state index in [1.807, 2.05) is 0 Å². The topological polar surface area (TPSA) is 88.2 Å². The number of anilines is 3. The SMILES string of the molecule is Nc1cc(C(=O)O)cnc1Nc1ccc(Cl)c(Br)c1. The third-order valence-electron chi connectivity index (χ3n) is 2.35. The molecule has 1 aromatic heterocycles. The van der Waals surface area contributed by atoms with Crippen LogP contribution in [0.4, 0.5) is 17.2 Å². The molecule has 7 heteroatoms. The Labute approximate surface area is 122 Å². The normalized spacial score (nSPS) is 10.2. The van der Waals surface area contributed by atoms with Gasteiger partial charge in [0, 0.05) is 16.4 Å². The van der Waals surface area contributed by atoms with Crippen molar-refractivity contribution in [3.8, 4) is 0 Å². The van der Waals surface area contributed by atoms with Crippen LogP contribution in [0.15, 0.2) is 34.9 Å². The molecule has 0 aliphatic heterocycles. The minimum Gasteiger partial charge on any atom is -0.478 e. The van der Waals surface area contributed by atoms with E-state index in [4.69, 9.17) is 22.4 Å². The molecule has 0 amide bonds. The average Bonchev–Trinajstić information content (AvgIpc) is 2.36. The van der Waals surface area contributed by atoms with Crippen molar-refractivity contribution in [2.24, 2.45) is 0 Å². The molecule has 0 fully saturated rings. The summed E-state index contributed by atoms with van der Waals surface area (Å²) in [7, 11) is 0. The summed E-state index contributed by atoms with van der Waals surface area (Å²) >= 11 is 9.20. The van der Waals surface area contributed by atoms with Crippen molar-refractivity contribution in [2.45, 2.75) is 0 Å². The fraction of sp³-hybridized carbons (Fsp3) is 0. The number of benzene rings is 1. The summed E-state index contributed by atoms with van der Waals surface area (Å²) in [6, 6.07) is 6.60. The molecule has 0 radical (unpaired) electrons. The lowest BCUT2D eigenvalue weighted by Gasteiger charge is -2.09. The molecule has 0 aliphatic rings. The van der Waals surface area contributed by atoms with E-state index in [0.717, 1.165) is 10.2 Å². The number of aromatic carboxylic acids is 1. The second-order valence-corrected chi connectivity index (χ2v) is 4.98. The summed E-state index contributed by atoms with van der Waals surface area (Å²) in [5.41, 5.74) is 6.78. The Kier molecular flexibility index (Phi) is 3.92. The van der Waals surface area contributed by atoms with Crippen LogP contribution in [0.2, 0.25) is 5.02 Å². The minimum absolute atomic E-state index is 0.0420. The van der Waals surface area contributed by atoms with Gasteiger partial charge >= 0.3 is 5.97 Å². The molecule has 0 saturated carbocycles. The third kappa shape index (κ3) is 3.15. The van der Waals surface area contributed by atoms with E-state index in [0.29, 0.717) is 10.8 Å². The molecule has 0 aliphatic carbocycles. The number of carboxylic acid groups (broad SMARTS) is 1. The highest BCUT2D eigenvalue weighted by atomic mass is 79.9. The highest BCUT2D eigenvalue weighted by molar-refractivity contribution is 9.10. The predicted molar refractivity (Wildman–Crippen MR) is 78.0 cm³/mol. The van der Waals surface area contributed by atoms with Crippen LogP contribution in [0.3, 0.4) is 0 Å². The summed E-state index contributed by atoms with van der Waals surface area (Å²) < 4.78 is 0.736. The first-order valence-corrected chi connectivity index (χ1v) is 6.35. The molecule has 0 spiro atoms. The first kappa shape index (κ1) is 13.6. The Balaban J connectivity index is 2.28. The molecule has 5 nitrogen and oxygen atoms in total. The lowest BCUT2D eigenvalue weighted by molar-refractivity contribution is 0.0696. The summed E-state index contributed by atoms with van der Waals surface area (Å²) in [5.74, 6) is -0.681. The summed E-state index contributed by atoms with van der Waals surface area (Å²) in [5, 5.41) is 12.4. The molecule has 0 atom stereocenters. The van der Waals surface area contributed by atoms with E-state index >= 15 is 0 Å². The van der Waals surface area contributed by atoms with Crippen molar-refractivity contribution in [3.05, 3.63) is 45.5 Å². The monoisotopic (exact) mass is 341 g/mol. The van der Waals surface area contributed by atoms with Crippen LogP contribution in [0.1, 0.15) is 10.4 Å². The van der Waals surface area contributed by atoms with Crippen molar-refractivity contribution < 1.29 is 9.90 Å². The van der Waals surface area contributed by atoms with Gasteiger partial charge in [0.05, 0.1) is 16.3 Å². The number of nitrogens with one attached hydrogen (secondary N) is 1. The first-order chi connectivity index (χ1) is 8.97. The Hall–Kier alpha value is -1.79. The van der Waals surface area contributed by atoms with Crippen LogP contribution in [0.5, 0.6) is 0 Å². The van der Waals surface area contributed by atoms with Gasteiger partial charge in [-0.3, -0.25) is 0 Å². The zero-order valence-electron chi connectivity index (χ0n) is 9.52. The molecular formula is C12H9BrClN3O2.